The van der Waals surface area contributed by atoms with Crippen molar-refractivity contribution < 1.29 is 14.7 Å². The Hall–Kier alpha value is -0.770. The number of hydrogen-bond acceptors (Lipinski definition) is 2. The van der Waals surface area contributed by atoms with Crippen molar-refractivity contribution in [1.82, 2.24) is 4.90 Å². The van der Waals surface area contributed by atoms with E-state index >= 15 is 0 Å². The van der Waals surface area contributed by atoms with Crippen LogP contribution in [0.1, 0.15) is 19.3 Å². The fourth-order valence-electron chi connectivity index (χ4n) is 1.55. The number of carboxylic acids is 1. The van der Waals surface area contributed by atoms with Crippen molar-refractivity contribution in [2.24, 2.45) is 0 Å². The molecular weight excluding hydrogens is 194 g/mol. The Morgan fingerprint density at radius 1 is 1.54 bits per heavy atom. The number of hydrogen-bond donors (Lipinski definition) is 1. The van der Waals surface area contributed by atoms with E-state index in [9.17, 15) is 9.59 Å². The average molecular weight is 206 g/mol. The van der Waals surface area contributed by atoms with Gasteiger partial charge in [0.05, 0.1) is 0 Å². The van der Waals surface area contributed by atoms with Crippen LogP contribution in [0.4, 0.5) is 0 Å². The normalized spacial score (nSPS) is 21.9. The number of carboxylic acid groups (broad SMARTS) is 1. The minimum Gasteiger partial charge on any atom is -0.480 e. The number of halogens is 1. The highest BCUT2D eigenvalue weighted by atomic mass is 35.5. The Balaban J connectivity index is 2.57. The van der Waals surface area contributed by atoms with Gasteiger partial charge in [-0.05, 0) is 12.8 Å². The molecule has 4 nitrogen and oxygen atoms in total. The quantitative estimate of drug-likeness (QED) is 0.690. The van der Waals surface area contributed by atoms with Gasteiger partial charge in [0.25, 0.3) is 0 Å². The molecule has 0 radical (unpaired) electrons. The van der Waals surface area contributed by atoms with Crippen LogP contribution in [0.25, 0.3) is 0 Å². The molecule has 1 heterocycles. The van der Waals surface area contributed by atoms with E-state index in [0.717, 1.165) is 6.42 Å². The molecule has 1 fully saturated rings. The second-order valence-electron chi connectivity index (χ2n) is 3.02. The predicted molar refractivity (Wildman–Crippen MR) is 47.7 cm³/mol. The number of likely N-dealkylation sites (tertiary alicyclic amines) is 1. The maximum Gasteiger partial charge on any atom is 0.326 e. The first kappa shape index (κ1) is 10.3. The van der Waals surface area contributed by atoms with Crippen molar-refractivity contribution in [3.05, 3.63) is 0 Å². The Kier molecular flexibility index (Phi) is 3.54. The van der Waals surface area contributed by atoms with Gasteiger partial charge in [0.2, 0.25) is 5.91 Å². The summed E-state index contributed by atoms with van der Waals surface area (Å²) in [5, 5.41) is 8.77. The summed E-state index contributed by atoms with van der Waals surface area (Å²) in [6, 6.07) is -0.629. The van der Waals surface area contributed by atoms with Gasteiger partial charge in [-0.3, -0.25) is 4.79 Å². The molecule has 74 valence electrons. The Morgan fingerprint density at radius 2 is 2.23 bits per heavy atom. The van der Waals surface area contributed by atoms with E-state index in [1.165, 1.54) is 4.90 Å². The van der Waals surface area contributed by atoms with Crippen molar-refractivity contribution in [3.63, 3.8) is 0 Å². The second-order valence-corrected chi connectivity index (χ2v) is 3.40. The van der Waals surface area contributed by atoms with Crippen molar-refractivity contribution in [2.75, 3.05) is 12.4 Å². The lowest BCUT2D eigenvalue weighted by atomic mass is 10.2. The number of carbonyl (C=O) groups is 2. The Morgan fingerprint density at radius 3 is 2.77 bits per heavy atom. The van der Waals surface area contributed by atoms with Crippen LogP contribution >= 0.6 is 11.6 Å². The summed E-state index contributed by atoms with van der Waals surface area (Å²) in [4.78, 5) is 23.4. The number of nitrogens with zero attached hydrogens (tertiary/aromatic N) is 1. The summed E-state index contributed by atoms with van der Waals surface area (Å²) in [7, 11) is 0. The third-order valence-electron chi connectivity index (χ3n) is 2.17. The Labute approximate surface area is 81.5 Å². The predicted octanol–water partition coefficient (Wildman–Crippen LogP) is 0.691. The minimum absolute atomic E-state index is 0.153. The van der Waals surface area contributed by atoms with E-state index in [1.807, 2.05) is 0 Å². The highest BCUT2D eigenvalue weighted by Crippen LogP contribution is 2.18. The Bertz CT molecular complexity index is 219. The lowest BCUT2D eigenvalue weighted by Gasteiger charge is -2.20. The largest absolute Gasteiger partial charge is 0.480 e. The number of alkyl halides is 1. The van der Waals surface area contributed by atoms with Crippen LogP contribution in [0, 0.1) is 0 Å². The monoisotopic (exact) mass is 205 g/mol. The maximum atomic E-state index is 11.3. The second kappa shape index (κ2) is 4.46. The SMILES string of the molecule is O=C(O)[C@@H]1CCCN1C(=O)CCCl. The van der Waals surface area contributed by atoms with Crippen molar-refractivity contribution >= 4 is 23.5 Å². The molecule has 0 aromatic heterocycles. The summed E-state index contributed by atoms with van der Waals surface area (Å²) < 4.78 is 0. The third kappa shape index (κ3) is 2.34. The molecule has 1 saturated heterocycles. The van der Waals surface area contributed by atoms with E-state index in [4.69, 9.17) is 16.7 Å². The molecule has 1 amide bonds. The van der Waals surface area contributed by atoms with Gasteiger partial charge in [-0.25, -0.2) is 4.79 Å². The van der Waals surface area contributed by atoms with Gasteiger partial charge in [0, 0.05) is 18.8 Å². The van der Waals surface area contributed by atoms with Crippen LogP contribution in [-0.4, -0.2) is 40.3 Å². The molecule has 0 bridgehead atoms. The van der Waals surface area contributed by atoms with Gasteiger partial charge in [-0.2, -0.15) is 0 Å². The summed E-state index contributed by atoms with van der Waals surface area (Å²) >= 11 is 5.41. The summed E-state index contributed by atoms with van der Waals surface area (Å²) in [5.74, 6) is -0.817. The molecule has 1 N–H and O–H groups in total. The molecule has 13 heavy (non-hydrogen) atoms. The molecular formula is C8H12ClNO3. The summed E-state index contributed by atoms with van der Waals surface area (Å²) in [5.41, 5.74) is 0. The maximum absolute atomic E-state index is 11.3. The molecule has 5 heteroatoms. The van der Waals surface area contributed by atoms with Crippen molar-refractivity contribution in [2.45, 2.75) is 25.3 Å². The summed E-state index contributed by atoms with van der Waals surface area (Å²) in [6.07, 6.45) is 1.56. The van der Waals surface area contributed by atoms with E-state index in [1.54, 1.807) is 0 Å². The van der Waals surface area contributed by atoms with Crippen LogP contribution in [0.2, 0.25) is 0 Å². The smallest absolute Gasteiger partial charge is 0.326 e. The number of rotatable bonds is 3. The molecule has 1 rings (SSSR count). The molecule has 0 aliphatic carbocycles. The van der Waals surface area contributed by atoms with E-state index in [-0.39, 0.29) is 18.2 Å². The lowest BCUT2D eigenvalue weighted by molar-refractivity contribution is -0.148. The lowest BCUT2D eigenvalue weighted by Crippen LogP contribution is -2.40. The van der Waals surface area contributed by atoms with Gasteiger partial charge in [-0.1, -0.05) is 0 Å². The number of carbonyl (C=O) groups excluding carboxylic acids is 1. The molecule has 0 aromatic carbocycles. The first-order valence-corrected chi connectivity index (χ1v) is 4.78. The van der Waals surface area contributed by atoms with Gasteiger partial charge < -0.3 is 10.0 Å². The van der Waals surface area contributed by atoms with Crippen LogP contribution in [-0.2, 0) is 9.59 Å². The first-order valence-electron chi connectivity index (χ1n) is 4.25. The van der Waals surface area contributed by atoms with E-state index in [2.05, 4.69) is 0 Å². The molecule has 1 atom stereocenters. The standard InChI is InChI=1S/C8H12ClNO3/c9-4-3-7(11)10-5-1-2-6(10)8(12)13/h6H,1-5H2,(H,12,13)/t6-/m0/s1. The molecule has 0 spiro atoms. The van der Waals surface area contributed by atoms with E-state index < -0.39 is 12.0 Å². The zero-order valence-electron chi connectivity index (χ0n) is 7.20. The minimum atomic E-state index is -0.916. The van der Waals surface area contributed by atoms with Gasteiger partial charge in [0.15, 0.2) is 0 Å². The highest BCUT2D eigenvalue weighted by molar-refractivity contribution is 6.18. The fourth-order valence-corrected chi connectivity index (χ4v) is 1.71. The third-order valence-corrected chi connectivity index (χ3v) is 2.36. The molecule has 1 aliphatic heterocycles. The van der Waals surface area contributed by atoms with Gasteiger partial charge >= 0.3 is 5.97 Å². The number of aliphatic carboxylic acids is 1. The van der Waals surface area contributed by atoms with Crippen LogP contribution < -0.4 is 0 Å². The average Bonchev–Trinajstić information content (AvgIpc) is 2.52. The fraction of sp³-hybridized carbons (Fsp3) is 0.750. The zero-order valence-corrected chi connectivity index (χ0v) is 7.96. The van der Waals surface area contributed by atoms with Crippen LogP contribution in [0.3, 0.4) is 0 Å². The molecule has 0 unspecified atom stereocenters. The topological polar surface area (TPSA) is 57.6 Å². The van der Waals surface area contributed by atoms with E-state index in [0.29, 0.717) is 13.0 Å². The first-order chi connectivity index (χ1) is 6.16. The van der Waals surface area contributed by atoms with Crippen LogP contribution in [0.15, 0.2) is 0 Å². The van der Waals surface area contributed by atoms with Gasteiger partial charge in [-0.15, -0.1) is 11.6 Å². The highest BCUT2D eigenvalue weighted by Gasteiger charge is 2.33. The number of amides is 1. The summed E-state index contributed by atoms with van der Waals surface area (Å²) in [6.45, 7) is 0.548. The van der Waals surface area contributed by atoms with Gasteiger partial charge in [0.1, 0.15) is 6.04 Å². The van der Waals surface area contributed by atoms with Crippen molar-refractivity contribution in [1.29, 1.82) is 0 Å². The zero-order chi connectivity index (χ0) is 9.84. The molecule has 0 aromatic rings. The molecule has 0 saturated carbocycles. The van der Waals surface area contributed by atoms with Crippen LogP contribution in [0.5, 0.6) is 0 Å². The molecule has 1 aliphatic rings. The van der Waals surface area contributed by atoms with Crippen molar-refractivity contribution in [3.8, 4) is 0 Å².